The third-order valence-electron chi connectivity index (χ3n) is 5.89. The molecule has 0 saturated carbocycles. The Bertz CT molecular complexity index is 1490. The van der Waals surface area contributed by atoms with Gasteiger partial charge in [0.2, 0.25) is 5.43 Å². The molecule has 0 aliphatic heterocycles. The molecule has 0 fully saturated rings. The maximum absolute atomic E-state index is 13.1. The molecular formula is C26H22N2O5S. The Hall–Kier alpha value is -3.91. The molecule has 3 N–H and O–H groups in total. The summed E-state index contributed by atoms with van der Waals surface area (Å²) in [5, 5.41) is 3.66. The predicted molar refractivity (Wildman–Crippen MR) is 132 cm³/mol. The third kappa shape index (κ3) is 3.97. The number of ether oxygens (including phenoxy) is 1. The number of benzene rings is 2. The number of carbonyl (C=O) groups excluding carboxylic acids is 2. The molecule has 1 aliphatic rings. The van der Waals surface area contributed by atoms with Gasteiger partial charge in [-0.2, -0.15) is 0 Å². The molecule has 4 aromatic rings. The highest BCUT2D eigenvalue weighted by molar-refractivity contribution is 7.17. The van der Waals surface area contributed by atoms with E-state index in [1.807, 2.05) is 30.3 Å². The normalized spacial score (nSPS) is 12.5. The van der Waals surface area contributed by atoms with E-state index in [9.17, 15) is 14.4 Å². The summed E-state index contributed by atoms with van der Waals surface area (Å²) in [4.78, 5) is 38.6. The van der Waals surface area contributed by atoms with E-state index in [1.165, 1.54) is 11.3 Å². The van der Waals surface area contributed by atoms with Crippen LogP contribution in [-0.4, -0.2) is 18.4 Å². The van der Waals surface area contributed by atoms with Crippen LogP contribution in [0.3, 0.4) is 0 Å². The molecule has 8 heteroatoms. The zero-order valence-corrected chi connectivity index (χ0v) is 19.3. The molecule has 0 bridgehead atoms. The fourth-order valence-electron chi connectivity index (χ4n) is 4.38. The summed E-state index contributed by atoms with van der Waals surface area (Å²) in [6.45, 7) is 1.48. The minimum atomic E-state index is -0.537. The van der Waals surface area contributed by atoms with Crippen molar-refractivity contribution in [3.8, 4) is 16.9 Å². The number of thiophene rings is 1. The van der Waals surface area contributed by atoms with Crippen molar-refractivity contribution in [1.82, 2.24) is 0 Å². The zero-order chi connectivity index (χ0) is 23.8. The number of rotatable bonds is 6. The Balaban J connectivity index is 1.34. The van der Waals surface area contributed by atoms with E-state index in [2.05, 4.69) is 5.32 Å². The Morgan fingerprint density at radius 2 is 1.94 bits per heavy atom. The molecule has 0 spiro atoms. The van der Waals surface area contributed by atoms with Gasteiger partial charge < -0.3 is 20.2 Å². The highest BCUT2D eigenvalue weighted by Gasteiger charge is 2.26. The van der Waals surface area contributed by atoms with Gasteiger partial charge >= 0.3 is 0 Å². The Morgan fingerprint density at radius 3 is 2.71 bits per heavy atom. The summed E-state index contributed by atoms with van der Waals surface area (Å²) in [6.07, 6.45) is 2.67. The minimum Gasteiger partial charge on any atom is -0.484 e. The maximum Gasteiger partial charge on any atom is 0.262 e. The van der Waals surface area contributed by atoms with E-state index in [-0.39, 0.29) is 12.0 Å². The smallest absolute Gasteiger partial charge is 0.262 e. The van der Waals surface area contributed by atoms with Crippen molar-refractivity contribution in [1.29, 1.82) is 0 Å². The number of hydrogen-bond donors (Lipinski definition) is 2. The SMILES string of the molecule is Cc1oc2cc(OCC(=O)Nc3sc4c(c3C(N)=O)CCC4)ccc2c(=O)c1-c1ccccc1. The van der Waals surface area contributed by atoms with Crippen LogP contribution in [-0.2, 0) is 17.6 Å². The molecule has 172 valence electrons. The van der Waals surface area contributed by atoms with Crippen LogP contribution in [0.2, 0.25) is 0 Å². The van der Waals surface area contributed by atoms with Gasteiger partial charge in [-0.15, -0.1) is 11.3 Å². The molecule has 0 atom stereocenters. The van der Waals surface area contributed by atoms with Crippen LogP contribution in [0.25, 0.3) is 22.1 Å². The predicted octanol–water partition coefficient (Wildman–Crippen LogP) is 4.44. The number of fused-ring (bicyclic) bond motifs is 2. The first-order chi connectivity index (χ1) is 16.4. The van der Waals surface area contributed by atoms with E-state index in [4.69, 9.17) is 14.9 Å². The van der Waals surface area contributed by atoms with Gasteiger partial charge in [0.15, 0.2) is 6.61 Å². The zero-order valence-electron chi connectivity index (χ0n) is 18.5. The van der Waals surface area contributed by atoms with Crippen molar-refractivity contribution in [2.45, 2.75) is 26.2 Å². The summed E-state index contributed by atoms with van der Waals surface area (Å²) in [5.41, 5.74) is 8.47. The van der Waals surface area contributed by atoms with Gasteiger partial charge in [0.1, 0.15) is 22.1 Å². The van der Waals surface area contributed by atoms with Crippen LogP contribution in [0.1, 0.15) is 33.0 Å². The highest BCUT2D eigenvalue weighted by atomic mass is 32.1. The first-order valence-corrected chi connectivity index (χ1v) is 11.7. The standard InChI is InChI=1S/C26H22N2O5S/c1-14-22(15-6-3-2-4-7-15)24(30)17-11-10-16(12-19(17)33-14)32-13-21(29)28-26-23(25(27)31)18-8-5-9-20(18)34-26/h2-4,6-7,10-12H,5,8-9,13H2,1H3,(H2,27,31)(H,28,29). The number of carbonyl (C=O) groups is 2. The molecule has 7 nitrogen and oxygen atoms in total. The molecule has 2 amide bonds. The maximum atomic E-state index is 13.1. The van der Waals surface area contributed by atoms with Crippen LogP contribution in [0.15, 0.2) is 57.7 Å². The lowest BCUT2D eigenvalue weighted by molar-refractivity contribution is -0.118. The van der Waals surface area contributed by atoms with Crippen molar-refractivity contribution in [3.63, 3.8) is 0 Å². The fraction of sp³-hybridized carbons (Fsp3) is 0.192. The lowest BCUT2D eigenvalue weighted by Crippen LogP contribution is -2.22. The summed E-state index contributed by atoms with van der Waals surface area (Å²) < 4.78 is 11.6. The summed E-state index contributed by atoms with van der Waals surface area (Å²) in [7, 11) is 0. The molecule has 2 aromatic carbocycles. The lowest BCUT2D eigenvalue weighted by atomic mass is 10.0. The van der Waals surface area contributed by atoms with Crippen LogP contribution >= 0.6 is 11.3 Å². The van der Waals surface area contributed by atoms with Gasteiger partial charge in [0, 0.05) is 10.9 Å². The first kappa shape index (κ1) is 21.9. The van der Waals surface area contributed by atoms with Crippen LogP contribution in [0, 0.1) is 6.92 Å². The molecule has 0 saturated heterocycles. The molecule has 0 radical (unpaired) electrons. The van der Waals surface area contributed by atoms with Crippen LogP contribution < -0.4 is 21.2 Å². The second kappa shape index (κ2) is 8.79. The Labute approximate surface area is 199 Å². The Kier molecular flexibility index (Phi) is 5.67. The molecule has 5 rings (SSSR count). The summed E-state index contributed by atoms with van der Waals surface area (Å²) in [6, 6.07) is 14.2. The van der Waals surface area contributed by atoms with Crippen molar-refractivity contribution in [2.24, 2.45) is 5.73 Å². The minimum absolute atomic E-state index is 0.126. The van der Waals surface area contributed by atoms with Gasteiger partial charge in [0.25, 0.3) is 11.8 Å². The largest absolute Gasteiger partial charge is 0.484 e. The highest BCUT2D eigenvalue weighted by Crippen LogP contribution is 2.38. The van der Waals surface area contributed by atoms with Gasteiger partial charge in [-0.25, -0.2) is 0 Å². The second-order valence-corrected chi connectivity index (χ2v) is 9.25. The topological polar surface area (TPSA) is 112 Å². The molecule has 1 aliphatic carbocycles. The van der Waals surface area contributed by atoms with Gasteiger partial charge in [0.05, 0.1) is 16.5 Å². The number of amides is 2. The Morgan fingerprint density at radius 1 is 1.15 bits per heavy atom. The third-order valence-corrected chi connectivity index (χ3v) is 7.10. The number of anilines is 1. The fourth-order valence-corrected chi connectivity index (χ4v) is 5.69. The van der Waals surface area contributed by atoms with Crippen molar-refractivity contribution in [2.75, 3.05) is 11.9 Å². The molecule has 2 aromatic heterocycles. The number of aryl methyl sites for hydroxylation is 2. The van der Waals surface area contributed by atoms with E-state index in [0.29, 0.717) is 38.6 Å². The van der Waals surface area contributed by atoms with Crippen molar-refractivity contribution in [3.05, 3.63) is 80.5 Å². The van der Waals surface area contributed by atoms with Gasteiger partial charge in [-0.05, 0) is 49.4 Å². The quantitative estimate of drug-likeness (QED) is 0.429. The van der Waals surface area contributed by atoms with E-state index >= 15 is 0 Å². The van der Waals surface area contributed by atoms with E-state index in [0.717, 1.165) is 35.3 Å². The number of primary amides is 1. The van der Waals surface area contributed by atoms with Crippen molar-refractivity contribution < 1.29 is 18.7 Å². The number of nitrogens with one attached hydrogen (secondary N) is 1. The van der Waals surface area contributed by atoms with E-state index < -0.39 is 11.8 Å². The number of nitrogens with two attached hydrogens (primary N) is 1. The molecule has 0 unspecified atom stereocenters. The van der Waals surface area contributed by atoms with E-state index in [1.54, 1.807) is 25.1 Å². The van der Waals surface area contributed by atoms with Gasteiger partial charge in [-0.1, -0.05) is 30.3 Å². The van der Waals surface area contributed by atoms with Gasteiger partial charge in [-0.3, -0.25) is 14.4 Å². The lowest BCUT2D eigenvalue weighted by Gasteiger charge is -2.10. The van der Waals surface area contributed by atoms with Crippen molar-refractivity contribution >= 4 is 39.1 Å². The first-order valence-electron chi connectivity index (χ1n) is 10.9. The molecular weight excluding hydrogens is 452 g/mol. The number of hydrogen-bond acceptors (Lipinski definition) is 6. The summed E-state index contributed by atoms with van der Waals surface area (Å²) in [5.74, 6) is -0.0465. The average molecular weight is 475 g/mol. The average Bonchev–Trinajstić information content (AvgIpc) is 3.39. The second-order valence-electron chi connectivity index (χ2n) is 8.15. The van der Waals surface area contributed by atoms with Crippen LogP contribution in [0.4, 0.5) is 5.00 Å². The summed E-state index contributed by atoms with van der Waals surface area (Å²) >= 11 is 1.39. The van der Waals surface area contributed by atoms with Crippen LogP contribution in [0.5, 0.6) is 5.75 Å². The molecule has 34 heavy (non-hydrogen) atoms. The molecule has 2 heterocycles. The monoisotopic (exact) mass is 474 g/mol.